The third kappa shape index (κ3) is 2.79. The number of piperidine rings is 1. The highest BCUT2D eigenvalue weighted by atomic mass is 16.2. The Hall–Kier alpha value is -2.77. The van der Waals surface area contributed by atoms with Crippen LogP contribution in [0.2, 0.25) is 0 Å². The molecule has 1 aromatic carbocycles. The van der Waals surface area contributed by atoms with E-state index in [1.54, 1.807) is 37.3 Å². The molecule has 3 amide bonds. The molecule has 0 bridgehead atoms. The largest absolute Gasteiger partial charge is 0.322 e. The Kier molecular flexibility index (Phi) is 3.81. The van der Waals surface area contributed by atoms with Crippen molar-refractivity contribution in [2.75, 3.05) is 14.1 Å². The fraction of sp³-hybridized carbons (Fsp3) is 0.400. The molecule has 1 saturated heterocycles. The van der Waals surface area contributed by atoms with Crippen molar-refractivity contribution in [3.05, 3.63) is 29.3 Å². The summed E-state index contributed by atoms with van der Waals surface area (Å²) >= 11 is 0. The second-order valence-electron chi connectivity index (χ2n) is 5.74. The van der Waals surface area contributed by atoms with E-state index in [4.69, 9.17) is 0 Å². The van der Waals surface area contributed by atoms with Crippen LogP contribution in [0.3, 0.4) is 0 Å². The average Bonchev–Trinajstić information content (AvgIpc) is 2.83. The minimum atomic E-state index is -0.619. The first-order valence-electron chi connectivity index (χ1n) is 7.33. The molecule has 3 rings (SSSR count). The highest BCUT2D eigenvalue weighted by Crippen LogP contribution is 2.33. The van der Waals surface area contributed by atoms with Gasteiger partial charge in [0.25, 0.3) is 5.91 Å². The Morgan fingerprint density at radius 2 is 2.04 bits per heavy atom. The van der Waals surface area contributed by atoms with Crippen molar-refractivity contribution in [2.24, 2.45) is 10.3 Å². The molecule has 8 nitrogen and oxygen atoms in total. The van der Waals surface area contributed by atoms with E-state index in [1.807, 2.05) is 0 Å². The molecule has 1 unspecified atom stereocenters. The first-order chi connectivity index (χ1) is 11.0. The van der Waals surface area contributed by atoms with Gasteiger partial charge in [-0.15, -0.1) is 5.11 Å². The van der Waals surface area contributed by atoms with Crippen LogP contribution < -0.4 is 5.32 Å². The lowest BCUT2D eigenvalue weighted by atomic mass is 10.0. The summed E-state index contributed by atoms with van der Waals surface area (Å²) in [5.74, 6) is -0.925. The quantitative estimate of drug-likeness (QED) is 0.511. The Balaban J connectivity index is 1.88. The molecule has 0 saturated carbocycles. The topological polar surface area (TPSA) is 94.4 Å². The Morgan fingerprint density at radius 3 is 2.74 bits per heavy atom. The highest BCUT2D eigenvalue weighted by molar-refractivity contribution is 6.05. The monoisotopic (exact) mass is 315 g/mol. The molecule has 120 valence electrons. The van der Waals surface area contributed by atoms with Crippen LogP contribution in [0.25, 0.3) is 0 Å². The number of imide groups is 1. The average molecular weight is 315 g/mol. The van der Waals surface area contributed by atoms with Crippen molar-refractivity contribution in [2.45, 2.75) is 25.4 Å². The number of nitrogens with one attached hydrogen (secondary N) is 1. The standard InChI is InChI=1S/C15H17N5O3/c1-19(2)18-17-11-5-3-4-9-10(11)8-20(15(9)23)12-6-7-13(21)16-14(12)22/h3-5,12H,6-8H2,1-2H3,(H,16,21,22)/b18-17+. The number of amides is 3. The van der Waals surface area contributed by atoms with E-state index in [0.717, 1.165) is 5.56 Å². The predicted molar refractivity (Wildman–Crippen MR) is 80.7 cm³/mol. The zero-order chi connectivity index (χ0) is 16.6. The molecule has 8 heteroatoms. The van der Waals surface area contributed by atoms with Gasteiger partial charge in [-0.05, 0) is 18.6 Å². The number of rotatable bonds is 3. The van der Waals surface area contributed by atoms with E-state index in [9.17, 15) is 14.4 Å². The molecule has 1 aromatic rings. The second kappa shape index (κ2) is 5.79. The van der Waals surface area contributed by atoms with Crippen LogP contribution in [0.15, 0.2) is 28.5 Å². The van der Waals surface area contributed by atoms with Crippen LogP contribution in [-0.4, -0.2) is 47.8 Å². The van der Waals surface area contributed by atoms with E-state index in [0.29, 0.717) is 24.2 Å². The number of nitrogens with zero attached hydrogens (tertiary/aromatic N) is 4. The zero-order valence-electron chi connectivity index (χ0n) is 12.9. The summed E-state index contributed by atoms with van der Waals surface area (Å²) in [4.78, 5) is 37.4. The summed E-state index contributed by atoms with van der Waals surface area (Å²) in [6.07, 6.45) is 0.586. The van der Waals surface area contributed by atoms with Gasteiger partial charge in [-0.2, -0.15) is 0 Å². The second-order valence-corrected chi connectivity index (χ2v) is 5.74. The van der Waals surface area contributed by atoms with Gasteiger partial charge in [-0.1, -0.05) is 11.3 Å². The fourth-order valence-corrected chi connectivity index (χ4v) is 2.80. The highest BCUT2D eigenvalue weighted by Gasteiger charge is 2.39. The summed E-state index contributed by atoms with van der Waals surface area (Å²) in [5, 5.41) is 12.0. The smallest absolute Gasteiger partial charge is 0.255 e. The van der Waals surface area contributed by atoms with Gasteiger partial charge in [0.1, 0.15) is 6.04 Å². The van der Waals surface area contributed by atoms with Crippen LogP contribution in [0.4, 0.5) is 5.69 Å². The number of carbonyl (C=O) groups is 3. The molecular weight excluding hydrogens is 298 g/mol. The van der Waals surface area contributed by atoms with Gasteiger partial charge < -0.3 is 4.90 Å². The van der Waals surface area contributed by atoms with E-state index in [-0.39, 0.29) is 18.2 Å². The molecule has 0 aliphatic carbocycles. The molecule has 1 atom stereocenters. The van der Waals surface area contributed by atoms with Gasteiger partial charge in [-0.25, -0.2) is 0 Å². The van der Waals surface area contributed by atoms with Gasteiger partial charge in [-0.3, -0.25) is 24.7 Å². The minimum absolute atomic E-state index is 0.212. The molecule has 0 aromatic heterocycles. The van der Waals surface area contributed by atoms with Crippen LogP contribution >= 0.6 is 0 Å². The van der Waals surface area contributed by atoms with Gasteiger partial charge in [0.05, 0.1) is 5.69 Å². The van der Waals surface area contributed by atoms with Crippen molar-refractivity contribution in [3.63, 3.8) is 0 Å². The summed E-state index contributed by atoms with van der Waals surface area (Å²) < 4.78 is 0. The summed E-state index contributed by atoms with van der Waals surface area (Å²) in [5.41, 5.74) is 1.90. The number of carbonyl (C=O) groups excluding carboxylic acids is 3. The first-order valence-corrected chi connectivity index (χ1v) is 7.33. The summed E-state index contributed by atoms with van der Waals surface area (Å²) in [6, 6.07) is 4.63. The van der Waals surface area contributed by atoms with Crippen LogP contribution in [-0.2, 0) is 16.1 Å². The van der Waals surface area contributed by atoms with Crippen molar-refractivity contribution < 1.29 is 14.4 Å². The lowest BCUT2D eigenvalue weighted by molar-refractivity contribution is -0.136. The maximum absolute atomic E-state index is 12.6. The molecule has 23 heavy (non-hydrogen) atoms. The van der Waals surface area contributed by atoms with Crippen molar-refractivity contribution in [1.29, 1.82) is 0 Å². The Morgan fingerprint density at radius 1 is 1.26 bits per heavy atom. The van der Waals surface area contributed by atoms with E-state index < -0.39 is 11.9 Å². The van der Waals surface area contributed by atoms with E-state index >= 15 is 0 Å². The molecule has 2 aliphatic rings. The maximum Gasteiger partial charge on any atom is 0.255 e. The lowest BCUT2D eigenvalue weighted by Gasteiger charge is -2.29. The minimum Gasteiger partial charge on any atom is -0.322 e. The van der Waals surface area contributed by atoms with Gasteiger partial charge in [0.15, 0.2) is 0 Å². The van der Waals surface area contributed by atoms with Crippen LogP contribution in [0, 0.1) is 0 Å². The number of hydrogen-bond donors (Lipinski definition) is 1. The third-order valence-electron chi connectivity index (χ3n) is 3.89. The zero-order valence-corrected chi connectivity index (χ0v) is 12.9. The Labute approximate surface area is 133 Å². The third-order valence-corrected chi connectivity index (χ3v) is 3.89. The van der Waals surface area contributed by atoms with Gasteiger partial charge >= 0.3 is 0 Å². The SMILES string of the molecule is CN(C)/N=N/c1cccc2c1CN(C1CCC(=O)NC1=O)C2=O. The first kappa shape index (κ1) is 15.1. The molecule has 2 aliphatic heterocycles. The van der Waals surface area contributed by atoms with Crippen molar-refractivity contribution in [1.82, 2.24) is 15.2 Å². The molecule has 2 heterocycles. The van der Waals surface area contributed by atoms with E-state index in [2.05, 4.69) is 15.7 Å². The number of benzene rings is 1. The molecule has 0 spiro atoms. The fourth-order valence-electron chi connectivity index (χ4n) is 2.80. The molecule has 0 radical (unpaired) electrons. The summed E-state index contributed by atoms with van der Waals surface area (Å²) in [7, 11) is 3.51. The normalized spacial score (nSPS) is 20.9. The van der Waals surface area contributed by atoms with E-state index in [1.165, 1.54) is 4.90 Å². The van der Waals surface area contributed by atoms with Crippen LogP contribution in [0.1, 0.15) is 28.8 Å². The van der Waals surface area contributed by atoms with Crippen molar-refractivity contribution in [3.8, 4) is 0 Å². The van der Waals surface area contributed by atoms with Gasteiger partial charge in [0, 0.05) is 38.2 Å². The Bertz CT molecular complexity index is 713. The number of fused-ring (bicyclic) bond motifs is 1. The summed E-state index contributed by atoms with van der Waals surface area (Å²) in [6.45, 7) is 0.295. The van der Waals surface area contributed by atoms with Gasteiger partial charge in [0.2, 0.25) is 11.8 Å². The van der Waals surface area contributed by atoms with Crippen LogP contribution in [0.5, 0.6) is 0 Å². The maximum atomic E-state index is 12.6. The molecule has 1 N–H and O–H groups in total. The molecule has 1 fully saturated rings. The lowest BCUT2D eigenvalue weighted by Crippen LogP contribution is -2.52. The predicted octanol–water partition coefficient (Wildman–Crippen LogP) is 1.01. The number of hydrogen-bond acceptors (Lipinski definition) is 5. The molecular formula is C15H17N5O3. The van der Waals surface area contributed by atoms with Crippen molar-refractivity contribution >= 4 is 23.4 Å².